The molecule has 1 saturated heterocycles. The number of allylic oxidation sites excluding steroid dienone is 1. The van der Waals surface area contributed by atoms with Crippen LogP contribution in [-0.4, -0.2) is 50.8 Å². The van der Waals surface area contributed by atoms with Gasteiger partial charge in [-0.1, -0.05) is 36.4 Å². The molecule has 0 aromatic heterocycles. The Morgan fingerprint density at radius 2 is 1.67 bits per heavy atom. The van der Waals surface area contributed by atoms with Crippen molar-refractivity contribution < 1.29 is 23.7 Å². The molecule has 0 aliphatic carbocycles. The molecule has 3 heterocycles. The molecule has 1 fully saturated rings. The van der Waals surface area contributed by atoms with Crippen LogP contribution in [-0.2, 0) is 25.6 Å². The lowest BCUT2D eigenvalue weighted by Gasteiger charge is -2.46. The second-order valence-electron chi connectivity index (χ2n) is 7.19. The van der Waals surface area contributed by atoms with Crippen LogP contribution in [0.3, 0.4) is 0 Å². The van der Waals surface area contributed by atoms with Gasteiger partial charge in [0.15, 0.2) is 0 Å². The third-order valence-electron chi connectivity index (χ3n) is 5.42. The minimum atomic E-state index is -0.151. The Kier molecular flexibility index (Phi) is 6.24. The van der Waals surface area contributed by atoms with E-state index in [9.17, 15) is 0 Å². The summed E-state index contributed by atoms with van der Waals surface area (Å²) in [5, 5.41) is 0. The number of rotatable bonds is 4. The van der Waals surface area contributed by atoms with Gasteiger partial charge in [0, 0.05) is 0 Å². The second kappa shape index (κ2) is 9.02. The van der Waals surface area contributed by atoms with Gasteiger partial charge in [0.25, 0.3) is 0 Å². The molecule has 5 nitrogen and oxygen atoms in total. The summed E-state index contributed by atoms with van der Waals surface area (Å²) in [4.78, 5) is 0. The Hall–Kier alpha value is -1.66. The molecular weight excluding hydrogens is 344 g/mol. The molecule has 27 heavy (non-hydrogen) atoms. The Bertz CT molecular complexity index is 653. The lowest BCUT2D eigenvalue weighted by molar-refractivity contribution is -0.255. The zero-order valence-electron chi connectivity index (χ0n) is 15.8. The highest BCUT2D eigenvalue weighted by Gasteiger charge is 2.47. The first-order valence-electron chi connectivity index (χ1n) is 9.78. The molecule has 146 valence electrons. The van der Waals surface area contributed by atoms with E-state index in [1.807, 2.05) is 24.3 Å². The van der Waals surface area contributed by atoms with Crippen molar-refractivity contribution in [2.75, 3.05) is 20.3 Å². The van der Waals surface area contributed by atoms with Gasteiger partial charge in [-0.2, -0.15) is 0 Å². The Balaban J connectivity index is 1.51. The van der Waals surface area contributed by atoms with Crippen LogP contribution in [0.5, 0.6) is 5.75 Å². The van der Waals surface area contributed by atoms with Gasteiger partial charge < -0.3 is 23.7 Å². The summed E-state index contributed by atoms with van der Waals surface area (Å²) >= 11 is 0. The Morgan fingerprint density at radius 3 is 2.44 bits per heavy atom. The van der Waals surface area contributed by atoms with Gasteiger partial charge in [-0.15, -0.1) is 0 Å². The smallest absolute Gasteiger partial charge is 0.118 e. The summed E-state index contributed by atoms with van der Waals surface area (Å²) in [6.07, 6.45) is 10.9. The van der Waals surface area contributed by atoms with E-state index < -0.39 is 0 Å². The lowest BCUT2D eigenvalue weighted by atomic mass is 9.90. The molecule has 0 saturated carbocycles. The monoisotopic (exact) mass is 372 g/mol. The summed E-state index contributed by atoms with van der Waals surface area (Å²) in [6.45, 7) is 1.68. The molecule has 0 amide bonds. The van der Waals surface area contributed by atoms with E-state index in [0.29, 0.717) is 19.8 Å². The molecule has 4 rings (SSSR count). The van der Waals surface area contributed by atoms with Crippen molar-refractivity contribution in [3.8, 4) is 5.75 Å². The van der Waals surface area contributed by atoms with Gasteiger partial charge in [0.1, 0.15) is 24.1 Å². The molecule has 3 aliphatic heterocycles. The van der Waals surface area contributed by atoms with Crippen LogP contribution in [0.2, 0.25) is 0 Å². The lowest BCUT2D eigenvalue weighted by Crippen LogP contribution is -2.60. The van der Waals surface area contributed by atoms with Crippen molar-refractivity contribution in [1.29, 1.82) is 0 Å². The molecular formula is C22H28O5. The van der Waals surface area contributed by atoms with E-state index >= 15 is 0 Å². The quantitative estimate of drug-likeness (QED) is 0.758. The Labute approximate surface area is 160 Å². The number of hydrogen-bond donors (Lipinski definition) is 0. The van der Waals surface area contributed by atoms with Crippen molar-refractivity contribution in [1.82, 2.24) is 0 Å². The SMILES string of the molecule is COc1ccc(CO[C@@H]2[C@H]3OCC=CC[C@@H]3O[C@@H]3CC/C=C\CO[C@@H]23)cc1. The average Bonchev–Trinajstić information content (AvgIpc) is 2.92. The van der Waals surface area contributed by atoms with Crippen molar-refractivity contribution >= 4 is 0 Å². The van der Waals surface area contributed by atoms with Crippen LogP contribution in [0.15, 0.2) is 48.6 Å². The van der Waals surface area contributed by atoms with Crippen molar-refractivity contribution in [2.45, 2.75) is 56.4 Å². The van der Waals surface area contributed by atoms with Crippen molar-refractivity contribution in [3.63, 3.8) is 0 Å². The number of fused-ring (bicyclic) bond motifs is 2. The maximum Gasteiger partial charge on any atom is 0.118 e. The molecule has 0 radical (unpaired) electrons. The summed E-state index contributed by atoms with van der Waals surface area (Å²) < 4.78 is 30.3. The molecule has 0 bridgehead atoms. The highest BCUT2D eigenvalue weighted by Crippen LogP contribution is 2.34. The molecule has 5 heteroatoms. The Morgan fingerprint density at radius 1 is 0.926 bits per heavy atom. The van der Waals surface area contributed by atoms with Crippen molar-refractivity contribution in [2.24, 2.45) is 0 Å². The van der Waals surface area contributed by atoms with Gasteiger partial charge in [-0.25, -0.2) is 0 Å². The first-order valence-corrected chi connectivity index (χ1v) is 9.78. The second-order valence-corrected chi connectivity index (χ2v) is 7.19. The highest BCUT2D eigenvalue weighted by molar-refractivity contribution is 5.26. The van der Waals surface area contributed by atoms with Crippen LogP contribution in [0, 0.1) is 0 Å². The van der Waals surface area contributed by atoms with E-state index in [-0.39, 0.29) is 30.5 Å². The van der Waals surface area contributed by atoms with Crippen LogP contribution >= 0.6 is 0 Å². The zero-order chi connectivity index (χ0) is 18.5. The minimum Gasteiger partial charge on any atom is -0.497 e. The summed E-state index contributed by atoms with van der Waals surface area (Å²) in [7, 11) is 1.67. The molecule has 1 aromatic rings. The van der Waals surface area contributed by atoms with E-state index in [0.717, 1.165) is 30.6 Å². The first kappa shape index (κ1) is 18.7. The van der Waals surface area contributed by atoms with Gasteiger partial charge in [-0.3, -0.25) is 0 Å². The standard InChI is InChI=1S/C22H28O5/c1-23-17-11-9-16(10-12-17)15-26-22-20-18(7-3-2-5-13-24-20)27-19-8-4-6-14-25-21(19)22/h2,4-6,9-12,18-22H,3,7-8,13-15H2,1H3/b5-2-/t18-,19+,20-,21+,22+/m1/s1. The van der Waals surface area contributed by atoms with E-state index in [1.54, 1.807) is 7.11 Å². The predicted molar refractivity (Wildman–Crippen MR) is 102 cm³/mol. The number of methoxy groups -OCH3 is 1. The largest absolute Gasteiger partial charge is 0.497 e. The number of benzene rings is 1. The fourth-order valence-corrected chi connectivity index (χ4v) is 4.00. The summed E-state index contributed by atoms with van der Waals surface area (Å²) in [5.74, 6) is 0.846. The molecule has 0 unspecified atom stereocenters. The van der Waals surface area contributed by atoms with E-state index in [4.69, 9.17) is 23.7 Å². The van der Waals surface area contributed by atoms with Gasteiger partial charge in [-0.05, 0) is 37.0 Å². The average molecular weight is 372 g/mol. The van der Waals surface area contributed by atoms with Gasteiger partial charge in [0.2, 0.25) is 0 Å². The molecule has 5 atom stereocenters. The molecule has 1 aromatic carbocycles. The maximum absolute atomic E-state index is 6.41. The summed E-state index contributed by atoms with van der Waals surface area (Å²) in [5.41, 5.74) is 1.10. The van der Waals surface area contributed by atoms with Gasteiger partial charge in [0.05, 0.1) is 39.1 Å². The minimum absolute atomic E-state index is 0.0119. The maximum atomic E-state index is 6.41. The number of ether oxygens (including phenoxy) is 5. The first-order chi connectivity index (χ1) is 13.3. The van der Waals surface area contributed by atoms with E-state index in [2.05, 4.69) is 24.3 Å². The predicted octanol–water partition coefficient (Wildman–Crippen LogP) is 3.43. The summed E-state index contributed by atoms with van der Waals surface area (Å²) in [6, 6.07) is 7.98. The zero-order valence-corrected chi connectivity index (χ0v) is 15.8. The van der Waals surface area contributed by atoms with Crippen LogP contribution in [0.25, 0.3) is 0 Å². The number of hydrogen-bond acceptors (Lipinski definition) is 5. The third kappa shape index (κ3) is 4.43. The fourth-order valence-electron chi connectivity index (χ4n) is 4.00. The topological polar surface area (TPSA) is 46.2 Å². The fraction of sp³-hybridized carbons (Fsp3) is 0.545. The third-order valence-corrected chi connectivity index (χ3v) is 5.42. The molecule has 0 N–H and O–H groups in total. The molecule has 0 spiro atoms. The van der Waals surface area contributed by atoms with Crippen LogP contribution < -0.4 is 4.74 Å². The normalized spacial score (nSPS) is 34.5. The van der Waals surface area contributed by atoms with Crippen LogP contribution in [0.1, 0.15) is 24.8 Å². The van der Waals surface area contributed by atoms with E-state index in [1.165, 1.54) is 0 Å². The molecule has 3 aliphatic rings. The van der Waals surface area contributed by atoms with Crippen molar-refractivity contribution in [3.05, 3.63) is 54.1 Å². The van der Waals surface area contributed by atoms with Gasteiger partial charge >= 0.3 is 0 Å². The highest BCUT2D eigenvalue weighted by atomic mass is 16.6. The van der Waals surface area contributed by atoms with Crippen LogP contribution in [0.4, 0.5) is 0 Å².